The van der Waals surface area contributed by atoms with E-state index in [1.807, 2.05) is 12.1 Å². The van der Waals surface area contributed by atoms with Crippen LogP contribution < -0.4 is 10.5 Å². The number of hydrogen-bond acceptors (Lipinski definition) is 3. The van der Waals surface area contributed by atoms with Crippen molar-refractivity contribution in [1.29, 1.82) is 5.41 Å². The van der Waals surface area contributed by atoms with E-state index < -0.39 is 0 Å². The molecule has 2 rings (SSSR count). The van der Waals surface area contributed by atoms with Gasteiger partial charge in [-0.2, -0.15) is 0 Å². The molecule has 0 atom stereocenters. The third-order valence-corrected chi connectivity index (χ3v) is 3.09. The summed E-state index contributed by atoms with van der Waals surface area (Å²) in [5, 5.41) is 7.35. The van der Waals surface area contributed by atoms with Gasteiger partial charge in [-0.25, -0.2) is 4.98 Å². The van der Waals surface area contributed by atoms with Crippen molar-refractivity contribution in [3.05, 3.63) is 23.9 Å². The topological polar surface area (TPSA) is 72.0 Å². The van der Waals surface area contributed by atoms with Crippen LogP contribution in [0.2, 0.25) is 0 Å². The normalized spacial score (nSPS) is 17.4. The number of hydrogen-bond donors (Lipinski definition) is 2. The van der Waals surface area contributed by atoms with Gasteiger partial charge in [-0.05, 0) is 31.7 Å². The summed E-state index contributed by atoms with van der Waals surface area (Å²) in [6.45, 7) is 0. The molecule has 4 nitrogen and oxygen atoms in total. The van der Waals surface area contributed by atoms with Gasteiger partial charge in [-0.1, -0.05) is 18.9 Å². The number of rotatable bonds is 3. The maximum Gasteiger partial charge on any atom is 0.214 e. The van der Waals surface area contributed by atoms with Gasteiger partial charge in [0.05, 0.1) is 0 Å². The Bertz CT molecular complexity index is 384. The number of nitrogens with one attached hydrogen (secondary N) is 1. The molecule has 0 aliphatic heterocycles. The maximum atomic E-state index is 7.35. The highest BCUT2D eigenvalue weighted by atomic mass is 16.5. The Kier molecular flexibility index (Phi) is 3.96. The molecule has 0 amide bonds. The Morgan fingerprint density at radius 3 is 2.59 bits per heavy atom. The van der Waals surface area contributed by atoms with Crippen molar-refractivity contribution in [3.8, 4) is 5.88 Å². The van der Waals surface area contributed by atoms with Gasteiger partial charge in [-0.3, -0.25) is 5.41 Å². The molecular weight excluding hydrogens is 214 g/mol. The predicted molar refractivity (Wildman–Crippen MR) is 67.4 cm³/mol. The first-order chi connectivity index (χ1) is 8.25. The summed E-state index contributed by atoms with van der Waals surface area (Å²) in [5.41, 5.74) is 5.89. The molecule has 0 spiro atoms. The number of nitrogens with zero attached hydrogens (tertiary/aromatic N) is 1. The highest BCUT2D eigenvalue weighted by molar-refractivity contribution is 5.93. The summed E-state index contributed by atoms with van der Waals surface area (Å²) in [6, 6.07) is 5.38. The summed E-state index contributed by atoms with van der Waals surface area (Å²) >= 11 is 0. The zero-order valence-electron chi connectivity index (χ0n) is 9.98. The summed E-state index contributed by atoms with van der Waals surface area (Å²) < 4.78 is 5.86. The first kappa shape index (κ1) is 11.9. The van der Waals surface area contributed by atoms with E-state index in [1.165, 1.54) is 25.7 Å². The number of pyridine rings is 1. The van der Waals surface area contributed by atoms with Crippen molar-refractivity contribution in [2.45, 2.75) is 44.6 Å². The zero-order chi connectivity index (χ0) is 12.1. The highest BCUT2D eigenvalue weighted by Gasteiger charge is 2.14. The van der Waals surface area contributed by atoms with Gasteiger partial charge in [0.25, 0.3) is 0 Å². The van der Waals surface area contributed by atoms with E-state index in [1.54, 1.807) is 6.07 Å². The van der Waals surface area contributed by atoms with E-state index in [4.69, 9.17) is 15.9 Å². The second kappa shape index (κ2) is 5.66. The molecule has 0 bridgehead atoms. The Labute approximate surface area is 102 Å². The lowest BCUT2D eigenvalue weighted by atomic mass is 10.1. The molecule has 3 N–H and O–H groups in total. The van der Waals surface area contributed by atoms with Crippen LogP contribution in [0.3, 0.4) is 0 Å². The minimum Gasteiger partial charge on any atom is -0.474 e. The second-order valence-electron chi connectivity index (χ2n) is 4.51. The van der Waals surface area contributed by atoms with Crippen LogP contribution in [-0.4, -0.2) is 16.9 Å². The summed E-state index contributed by atoms with van der Waals surface area (Å²) in [6.07, 6.45) is 7.56. The Morgan fingerprint density at radius 1 is 1.24 bits per heavy atom. The maximum absolute atomic E-state index is 7.35. The smallest absolute Gasteiger partial charge is 0.214 e. The first-order valence-corrected chi connectivity index (χ1v) is 6.24. The van der Waals surface area contributed by atoms with Crippen molar-refractivity contribution < 1.29 is 4.74 Å². The second-order valence-corrected chi connectivity index (χ2v) is 4.51. The van der Waals surface area contributed by atoms with Crippen LogP contribution in [0.25, 0.3) is 0 Å². The molecule has 0 saturated heterocycles. The van der Waals surface area contributed by atoms with Crippen molar-refractivity contribution in [2.75, 3.05) is 0 Å². The molecule has 92 valence electrons. The third-order valence-electron chi connectivity index (χ3n) is 3.09. The molecular formula is C13H19N3O. The highest BCUT2D eigenvalue weighted by Crippen LogP contribution is 2.21. The Hall–Kier alpha value is -1.58. The van der Waals surface area contributed by atoms with E-state index in [2.05, 4.69) is 4.98 Å². The fourth-order valence-corrected chi connectivity index (χ4v) is 2.16. The van der Waals surface area contributed by atoms with Crippen LogP contribution in [0.15, 0.2) is 18.2 Å². The van der Waals surface area contributed by atoms with Crippen LogP contribution in [0, 0.1) is 5.41 Å². The van der Waals surface area contributed by atoms with Crippen LogP contribution >= 0.6 is 0 Å². The number of nitrogens with two attached hydrogens (primary N) is 1. The molecule has 1 aliphatic carbocycles. The van der Waals surface area contributed by atoms with E-state index in [9.17, 15) is 0 Å². The zero-order valence-corrected chi connectivity index (χ0v) is 9.98. The van der Waals surface area contributed by atoms with Crippen molar-refractivity contribution in [2.24, 2.45) is 5.73 Å². The van der Waals surface area contributed by atoms with E-state index in [0.717, 1.165) is 12.8 Å². The fourth-order valence-electron chi connectivity index (χ4n) is 2.16. The van der Waals surface area contributed by atoms with Gasteiger partial charge in [-0.15, -0.1) is 0 Å². The molecule has 1 fully saturated rings. The number of ether oxygens (including phenoxy) is 1. The largest absolute Gasteiger partial charge is 0.474 e. The minimum absolute atomic E-state index is 0.0173. The van der Waals surface area contributed by atoms with Crippen molar-refractivity contribution in [1.82, 2.24) is 4.98 Å². The molecule has 0 aromatic carbocycles. The quantitative estimate of drug-likeness (QED) is 0.478. The first-order valence-electron chi connectivity index (χ1n) is 6.24. The lowest BCUT2D eigenvalue weighted by Crippen LogP contribution is -2.18. The van der Waals surface area contributed by atoms with Gasteiger partial charge in [0, 0.05) is 6.07 Å². The van der Waals surface area contributed by atoms with Gasteiger partial charge in [0.1, 0.15) is 17.6 Å². The van der Waals surface area contributed by atoms with Gasteiger partial charge in [0.15, 0.2) is 0 Å². The van der Waals surface area contributed by atoms with Gasteiger partial charge >= 0.3 is 0 Å². The fraction of sp³-hybridized carbons (Fsp3) is 0.538. The summed E-state index contributed by atoms with van der Waals surface area (Å²) in [7, 11) is 0. The van der Waals surface area contributed by atoms with Crippen molar-refractivity contribution in [3.63, 3.8) is 0 Å². The number of aromatic nitrogens is 1. The number of nitrogen functional groups attached to an aromatic ring is 1. The predicted octanol–water partition coefficient (Wildman–Crippen LogP) is 2.47. The van der Waals surface area contributed by atoms with Crippen LogP contribution in [0.4, 0.5) is 0 Å². The van der Waals surface area contributed by atoms with Gasteiger partial charge in [0.2, 0.25) is 5.88 Å². The molecule has 0 unspecified atom stereocenters. The van der Waals surface area contributed by atoms with E-state index >= 15 is 0 Å². The molecule has 1 saturated carbocycles. The minimum atomic E-state index is -0.0173. The van der Waals surface area contributed by atoms with E-state index in [-0.39, 0.29) is 11.9 Å². The summed E-state index contributed by atoms with van der Waals surface area (Å²) in [4.78, 5) is 4.23. The standard InChI is InChI=1S/C13H19N3O/c14-13(15)11-8-5-9-12(16-11)17-10-6-3-1-2-4-7-10/h5,8-10H,1-4,6-7H2,(H3,14,15). The molecule has 1 heterocycles. The van der Waals surface area contributed by atoms with Crippen LogP contribution in [0.1, 0.15) is 44.2 Å². The molecule has 0 radical (unpaired) electrons. The average molecular weight is 233 g/mol. The Balaban J connectivity index is 2.01. The lowest BCUT2D eigenvalue weighted by molar-refractivity contribution is 0.176. The molecule has 1 aromatic rings. The van der Waals surface area contributed by atoms with Crippen molar-refractivity contribution >= 4 is 5.84 Å². The average Bonchev–Trinajstić information content (AvgIpc) is 2.58. The number of amidine groups is 1. The van der Waals surface area contributed by atoms with Gasteiger partial charge < -0.3 is 10.5 Å². The van der Waals surface area contributed by atoms with Crippen LogP contribution in [-0.2, 0) is 0 Å². The van der Waals surface area contributed by atoms with Crippen LogP contribution in [0.5, 0.6) is 5.88 Å². The molecule has 17 heavy (non-hydrogen) atoms. The molecule has 1 aliphatic rings. The lowest BCUT2D eigenvalue weighted by Gasteiger charge is -2.16. The monoisotopic (exact) mass is 233 g/mol. The SMILES string of the molecule is N=C(N)c1cccc(OC2CCCCCC2)n1. The Morgan fingerprint density at radius 2 is 1.94 bits per heavy atom. The van der Waals surface area contributed by atoms with E-state index in [0.29, 0.717) is 11.6 Å². The third kappa shape index (κ3) is 3.44. The summed E-state index contributed by atoms with van der Waals surface area (Å²) in [5.74, 6) is 0.570. The molecule has 1 aromatic heterocycles. The molecule has 4 heteroatoms.